The first-order valence-corrected chi connectivity index (χ1v) is 14.1. The van der Waals surface area contributed by atoms with E-state index >= 15 is 0 Å². The van der Waals surface area contributed by atoms with Gasteiger partial charge in [0.25, 0.3) is 20.0 Å². The Kier molecular flexibility index (Phi) is 5.89. The molecule has 0 aliphatic carbocycles. The molecule has 0 aliphatic rings. The van der Waals surface area contributed by atoms with Crippen molar-refractivity contribution in [3.8, 4) is 0 Å². The summed E-state index contributed by atoms with van der Waals surface area (Å²) in [5.74, 6) is 0. The van der Waals surface area contributed by atoms with Gasteiger partial charge in [0.15, 0.2) is 0 Å². The highest BCUT2D eigenvalue weighted by molar-refractivity contribution is 7.93. The minimum Gasteiger partial charge on any atom is -0.280 e. The van der Waals surface area contributed by atoms with Gasteiger partial charge in [0.05, 0.1) is 32.2 Å². The van der Waals surface area contributed by atoms with Crippen LogP contribution in [0.5, 0.6) is 0 Å². The first kappa shape index (κ1) is 23.8. The summed E-state index contributed by atoms with van der Waals surface area (Å²) in [4.78, 5) is 5.00. The number of hydrogen-bond donors (Lipinski definition) is 2. The van der Waals surface area contributed by atoms with Crippen LogP contribution < -0.4 is 9.44 Å². The molecular weight excluding hydrogens is 494 g/mol. The molecule has 2 N–H and O–H groups in total. The van der Waals surface area contributed by atoms with Crippen molar-refractivity contribution in [3.63, 3.8) is 0 Å². The summed E-state index contributed by atoms with van der Waals surface area (Å²) in [5.41, 5.74) is 3.85. The van der Waals surface area contributed by atoms with E-state index in [0.717, 1.165) is 21.9 Å². The predicted molar refractivity (Wildman–Crippen MR) is 143 cm³/mol. The van der Waals surface area contributed by atoms with Crippen LogP contribution in [0, 0.1) is 13.8 Å². The molecule has 0 fully saturated rings. The summed E-state index contributed by atoms with van der Waals surface area (Å²) < 4.78 is 56.3. The standard InChI is InChI=1S/C27H23N3O4S2/c1-18-3-11-24(12-4-18)35(31,32)29-22-9-7-20-15-21-8-10-23(17-27(21)28-26(20)16-22)30-36(33,34)25-13-5-19(2)6-14-25/h3-17,29-30H,1-2H3. The van der Waals surface area contributed by atoms with E-state index in [1.54, 1.807) is 84.9 Å². The lowest BCUT2D eigenvalue weighted by Gasteiger charge is -2.11. The molecule has 7 nitrogen and oxygen atoms in total. The Morgan fingerprint density at radius 1 is 0.528 bits per heavy atom. The molecule has 0 saturated heterocycles. The summed E-state index contributed by atoms with van der Waals surface area (Å²) in [6.07, 6.45) is 0. The average Bonchev–Trinajstić information content (AvgIpc) is 2.83. The third kappa shape index (κ3) is 4.89. The normalized spacial score (nSPS) is 12.1. The highest BCUT2D eigenvalue weighted by Crippen LogP contribution is 2.27. The van der Waals surface area contributed by atoms with Gasteiger partial charge in [-0.1, -0.05) is 47.5 Å². The van der Waals surface area contributed by atoms with Crippen molar-refractivity contribution in [1.29, 1.82) is 0 Å². The van der Waals surface area contributed by atoms with E-state index in [4.69, 9.17) is 0 Å². The Morgan fingerprint density at radius 2 is 0.917 bits per heavy atom. The Hall–Kier alpha value is -3.95. The molecule has 0 amide bonds. The molecule has 0 radical (unpaired) electrons. The lowest BCUT2D eigenvalue weighted by molar-refractivity contribution is 0.599. The van der Waals surface area contributed by atoms with Gasteiger partial charge in [-0.05, 0) is 68.4 Å². The molecular formula is C27H23N3O4S2. The van der Waals surface area contributed by atoms with Gasteiger partial charge in [0, 0.05) is 10.8 Å². The molecule has 0 atom stereocenters. The van der Waals surface area contributed by atoms with E-state index < -0.39 is 20.0 Å². The van der Waals surface area contributed by atoms with Crippen molar-refractivity contribution < 1.29 is 16.8 Å². The summed E-state index contributed by atoms with van der Waals surface area (Å²) in [6, 6.07) is 25.4. The SMILES string of the molecule is Cc1ccc(S(=O)(=O)Nc2ccc3cc4ccc(NS(=O)(=O)c5ccc(C)cc5)cc4nc3c2)cc1. The van der Waals surface area contributed by atoms with Gasteiger partial charge >= 0.3 is 0 Å². The number of sulfonamides is 2. The highest BCUT2D eigenvalue weighted by atomic mass is 32.2. The van der Waals surface area contributed by atoms with Gasteiger partial charge in [-0.25, -0.2) is 21.8 Å². The second-order valence-corrected chi connectivity index (χ2v) is 12.0. The summed E-state index contributed by atoms with van der Waals surface area (Å²) in [7, 11) is -7.50. The van der Waals surface area contributed by atoms with Crippen LogP contribution in [-0.4, -0.2) is 21.8 Å². The molecule has 0 aliphatic heterocycles. The first-order chi connectivity index (χ1) is 17.1. The molecule has 0 saturated carbocycles. The summed E-state index contributed by atoms with van der Waals surface area (Å²) in [5, 5.41) is 1.66. The van der Waals surface area contributed by atoms with Gasteiger partial charge in [-0.15, -0.1) is 0 Å². The number of hydrogen-bond acceptors (Lipinski definition) is 5. The Labute approximate surface area is 209 Å². The number of aryl methyl sites for hydroxylation is 2. The Morgan fingerprint density at radius 3 is 1.31 bits per heavy atom. The molecule has 182 valence electrons. The van der Waals surface area contributed by atoms with Crippen molar-refractivity contribution in [3.05, 3.63) is 102 Å². The largest absolute Gasteiger partial charge is 0.280 e. The van der Waals surface area contributed by atoms with Crippen LogP contribution in [-0.2, 0) is 20.0 Å². The summed E-state index contributed by atoms with van der Waals surface area (Å²) in [6.45, 7) is 3.78. The average molecular weight is 518 g/mol. The maximum atomic E-state index is 12.8. The van der Waals surface area contributed by atoms with Gasteiger partial charge < -0.3 is 0 Å². The lowest BCUT2D eigenvalue weighted by Crippen LogP contribution is -2.13. The second-order valence-electron chi connectivity index (χ2n) is 8.64. The van der Waals surface area contributed by atoms with E-state index in [-0.39, 0.29) is 9.79 Å². The quantitative estimate of drug-likeness (QED) is 0.285. The molecule has 5 rings (SSSR count). The topological polar surface area (TPSA) is 105 Å². The van der Waals surface area contributed by atoms with Crippen LogP contribution >= 0.6 is 0 Å². The smallest absolute Gasteiger partial charge is 0.261 e. The number of anilines is 2. The molecule has 1 aromatic heterocycles. The van der Waals surface area contributed by atoms with Crippen molar-refractivity contribution in [2.45, 2.75) is 23.6 Å². The van der Waals surface area contributed by atoms with Crippen LogP contribution in [0.4, 0.5) is 11.4 Å². The number of aromatic nitrogens is 1. The van der Waals surface area contributed by atoms with Crippen LogP contribution in [0.25, 0.3) is 21.8 Å². The highest BCUT2D eigenvalue weighted by Gasteiger charge is 2.16. The zero-order valence-corrected chi connectivity index (χ0v) is 21.2. The molecule has 0 bridgehead atoms. The van der Waals surface area contributed by atoms with Gasteiger partial charge in [0.1, 0.15) is 0 Å². The molecule has 0 unspecified atom stereocenters. The van der Waals surface area contributed by atoms with Gasteiger partial charge in [-0.3, -0.25) is 9.44 Å². The summed E-state index contributed by atoms with van der Waals surface area (Å²) >= 11 is 0. The minimum absolute atomic E-state index is 0.171. The molecule has 5 aromatic rings. The number of benzene rings is 4. The molecule has 0 spiro atoms. The Balaban J connectivity index is 1.46. The van der Waals surface area contributed by atoms with Crippen molar-refractivity contribution >= 4 is 53.2 Å². The number of nitrogens with one attached hydrogen (secondary N) is 2. The second kappa shape index (κ2) is 8.92. The molecule has 4 aromatic carbocycles. The van der Waals surface area contributed by atoms with E-state index in [1.807, 2.05) is 19.9 Å². The molecule has 36 heavy (non-hydrogen) atoms. The zero-order valence-electron chi connectivity index (χ0n) is 19.6. The van der Waals surface area contributed by atoms with Gasteiger partial charge in [0.2, 0.25) is 0 Å². The number of pyridine rings is 1. The maximum Gasteiger partial charge on any atom is 0.261 e. The van der Waals surface area contributed by atoms with Crippen LogP contribution in [0.2, 0.25) is 0 Å². The van der Waals surface area contributed by atoms with E-state index in [0.29, 0.717) is 22.4 Å². The maximum absolute atomic E-state index is 12.8. The Bertz CT molecular complexity index is 1680. The fourth-order valence-corrected chi connectivity index (χ4v) is 5.91. The first-order valence-electron chi connectivity index (χ1n) is 11.1. The monoisotopic (exact) mass is 517 g/mol. The van der Waals surface area contributed by atoms with Crippen LogP contribution in [0.15, 0.2) is 101 Å². The van der Waals surface area contributed by atoms with E-state index in [1.165, 1.54) is 0 Å². The zero-order chi connectivity index (χ0) is 25.5. The number of rotatable bonds is 6. The third-order valence-electron chi connectivity index (χ3n) is 5.78. The minimum atomic E-state index is -3.75. The van der Waals surface area contributed by atoms with E-state index in [2.05, 4.69) is 14.4 Å². The van der Waals surface area contributed by atoms with Crippen molar-refractivity contribution in [2.75, 3.05) is 9.44 Å². The fourth-order valence-electron chi connectivity index (χ4n) is 3.81. The third-order valence-corrected chi connectivity index (χ3v) is 8.57. The predicted octanol–water partition coefficient (Wildman–Crippen LogP) is 5.61. The van der Waals surface area contributed by atoms with Crippen molar-refractivity contribution in [2.24, 2.45) is 0 Å². The number of fused-ring (bicyclic) bond motifs is 2. The van der Waals surface area contributed by atoms with Crippen LogP contribution in [0.3, 0.4) is 0 Å². The van der Waals surface area contributed by atoms with Gasteiger partial charge in [-0.2, -0.15) is 0 Å². The lowest BCUT2D eigenvalue weighted by atomic mass is 10.1. The number of nitrogens with zero attached hydrogens (tertiary/aromatic N) is 1. The van der Waals surface area contributed by atoms with Crippen LogP contribution in [0.1, 0.15) is 11.1 Å². The fraction of sp³-hybridized carbons (Fsp3) is 0.0741. The van der Waals surface area contributed by atoms with E-state index in [9.17, 15) is 16.8 Å². The molecule has 9 heteroatoms. The molecule has 1 heterocycles. The van der Waals surface area contributed by atoms with Crippen molar-refractivity contribution in [1.82, 2.24) is 4.98 Å².